The molecular weight excluding hydrogens is 134 g/mol. The van der Waals surface area contributed by atoms with Crippen LogP contribution in [0.4, 0.5) is 0 Å². The Labute approximate surface area is 70.9 Å². The number of hydrogen-bond donors (Lipinski definition) is 1. The minimum atomic E-state index is 0.542. The molecule has 1 atom stereocenters. The van der Waals surface area contributed by atoms with E-state index in [4.69, 9.17) is 0 Å². The van der Waals surface area contributed by atoms with E-state index in [0.717, 1.165) is 6.54 Å². The lowest BCUT2D eigenvalue weighted by molar-refractivity contribution is 0.528. The van der Waals surface area contributed by atoms with Gasteiger partial charge in [0.2, 0.25) is 0 Å². The van der Waals surface area contributed by atoms with Crippen molar-refractivity contribution in [1.82, 2.24) is 5.32 Å². The normalized spacial score (nSPS) is 13.0. The molecular formula is C10H21N. The second-order valence-electron chi connectivity index (χ2n) is 3.14. The van der Waals surface area contributed by atoms with Crippen LogP contribution in [0.1, 0.15) is 40.0 Å². The summed E-state index contributed by atoms with van der Waals surface area (Å²) in [5.41, 5.74) is 1.26. The predicted octanol–water partition coefficient (Wildman–Crippen LogP) is 2.73. The third-order valence-corrected chi connectivity index (χ3v) is 1.81. The number of hydrogen-bond acceptors (Lipinski definition) is 1. The molecule has 0 bridgehead atoms. The first-order valence-electron chi connectivity index (χ1n) is 4.61. The van der Waals surface area contributed by atoms with Gasteiger partial charge in [-0.15, -0.1) is 0 Å². The Morgan fingerprint density at radius 1 is 1.36 bits per heavy atom. The zero-order chi connectivity index (χ0) is 8.69. The molecule has 1 heteroatoms. The lowest BCUT2D eigenvalue weighted by Gasteiger charge is -2.17. The molecule has 0 aliphatic carbocycles. The van der Waals surface area contributed by atoms with E-state index >= 15 is 0 Å². The van der Waals surface area contributed by atoms with Crippen molar-refractivity contribution in [3.8, 4) is 0 Å². The van der Waals surface area contributed by atoms with Crippen molar-refractivity contribution in [2.75, 3.05) is 6.54 Å². The number of nitrogens with one attached hydrogen (secondary N) is 1. The van der Waals surface area contributed by atoms with Gasteiger partial charge in [-0.05, 0) is 26.3 Å². The van der Waals surface area contributed by atoms with Crippen LogP contribution in [0.5, 0.6) is 0 Å². The van der Waals surface area contributed by atoms with Crippen LogP contribution in [-0.2, 0) is 0 Å². The van der Waals surface area contributed by atoms with Crippen molar-refractivity contribution >= 4 is 0 Å². The van der Waals surface area contributed by atoms with E-state index in [2.05, 4.69) is 32.7 Å². The lowest BCUT2D eigenvalue weighted by atomic mass is 10.1. The first-order valence-corrected chi connectivity index (χ1v) is 4.61. The summed E-state index contributed by atoms with van der Waals surface area (Å²) in [4.78, 5) is 0. The molecule has 1 N–H and O–H groups in total. The second kappa shape index (κ2) is 6.41. The average Bonchev–Trinajstić information content (AvgIpc) is 1.97. The molecule has 11 heavy (non-hydrogen) atoms. The van der Waals surface area contributed by atoms with Gasteiger partial charge in [0.05, 0.1) is 0 Å². The predicted molar refractivity (Wildman–Crippen MR) is 51.8 cm³/mol. The molecule has 0 aromatic rings. The molecule has 0 radical (unpaired) electrons. The maximum Gasteiger partial charge on any atom is 0.0273 e. The highest BCUT2D eigenvalue weighted by Gasteiger charge is 2.05. The molecule has 0 spiro atoms. The van der Waals surface area contributed by atoms with Crippen LogP contribution in [0.25, 0.3) is 0 Å². The molecule has 0 aliphatic rings. The van der Waals surface area contributed by atoms with Gasteiger partial charge in [-0.3, -0.25) is 0 Å². The van der Waals surface area contributed by atoms with E-state index in [1.165, 1.54) is 24.8 Å². The first-order chi connectivity index (χ1) is 5.22. The van der Waals surface area contributed by atoms with E-state index in [1.54, 1.807) is 0 Å². The van der Waals surface area contributed by atoms with Gasteiger partial charge in [0.25, 0.3) is 0 Å². The van der Waals surface area contributed by atoms with Gasteiger partial charge in [-0.25, -0.2) is 0 Å². The molecule has 0 aliphatic heterocycles. The van der Waals surface area contributed by atoms with Crippen molar-refractivity contribution < 1.29 is 0 Å². The minimum Gasteiger partial charge on any atom is -0.310 e. The van der Waals surface area contributed by atoms with Crippen LogP contribution in [0.3, 0.4) is 0 Å². The van der Waals surface area contributed by atoms with E-state index in [1.807, 2.05) is 0 Å². The average molecular weight is 155 g/mol. The van der Waals surface area contributed by atoms with E-state index < -0.39 is 0 Å². The highest BCUT2D eigenvalue weighted by Crippen LogP contribution is 2.05. The van der Waals surface area contributed by atoms with Crippen molar-refractivity contribution in [3.63, 3.8) is 0 Å². The fraction of sp³-hybridized carbons (Fsp3) is 0.800. The molecule has 0 saturated heterocycles. The van der Waals surface area contributed by atoms with E-state index in [0.29, 0.717) is 6.04 Å². The zero-order valence-electron chi connectivity index (χ0n) is 8.11. The summed E-state index contributed by atoms with van der Waals surface area (Å²) in [5, 5.41) is 3.47. The molecule has 1 unspecified atom stereocenters. The maximum atomic E-state index is 3.96. The van der Waals surface area contributed by atoms with E-state index in [-0.39, 0.29) is 0 Å². The van der Waals surface area contributed by atoms with Gasteiger partial charge >= 0.3 is 0 Å². The number of rotatable bonds is 6. The standard InChI is InChI=1S/C10H21N/c1-5-7-10(9(3)4)11-8-6-2/h10-11H,3,5-8H2,1-2,4H3. The summed E-state index contributed by atoms with van der Waals surface area (Å²) in [6.07, 6.45) is 3.65. The van der Waals surface area contributed by atoms with Crippen LogP contribution in [0.2, 0.25) is 0 Å². The Balaban J connectivity index is 3.60. The smallest absolute Gasteiger partial charge is 0.0273 e. The van der Waals surface area contributed by atoms with Gasteiger partial charge in [-0.2, -0.15) is 0 Å². The fourth-order valence-corrected chi connectivity index (χ4v) is 1.13. The maximum absolute atomic E-state index is 3.96. The van der Waals surface area contributed by atoms with Crippen LogP contribution in [0.15, 0.2) is 12.2 Å². The van der Waals surface area contributed by atoms with Gasteiger partial charge in [-0.1, -0.05) is 32.4 Å². The molecule has 1 nitrogen and oxygen atoms in total. The third-order valence-electron chi connectivity index (χ3n) is 1.81. The summed E-state index contributed by atoms with van der Waals surface area (Å²) in [5.74, 6) is 0. The quantitative estimate of drug-likeness (QED) is 0.582. The summed E-state index contributed by atoms with van der Waals surface area (Å²) in [6, 6.07) is 0.542. The Bertz CT molecular complexity index is 107. The van der Waals surface area contributed by atoms with Crippen LogP contribution in [-0.4, -0.2) is 12.6 Å². The van der Waals surface area contributed by atoms with Crippen molar-refractivity contribution in [1.29, 1.82) is 0 Å². The molecule has 0 amide bonds. The summed E-state index contributed by atoms with van der Waals surface area (Å²) >= 11 is 0. The molecule has 0 aromatic carbocycles. The molecule has 66 valence electrons. The van der Waals surface area contributed by atoms with Crippen molar-refractivity contribution in [2.24, 2.45) is 0 Å². The summed E-state index contributed by atoms with van der Waals surface area (Å²) in [7, 11) is 0. The van der Waals surface area contributed by atoms with Gasteiger partial charge in [0.1, 0.15) is 0 Å². The molecule has 0 saturated carbocycles. The fourth-order valence-electron chi connectivity index (χ4n) is 1.13. The Morgan fingerprint density at radius 2 is 2.00 bits per heavy atom. The largest absolute Gasteiger partial charge is 0.310 e. The van der Waals surface area contributed by atoms with Crippen molar-refractivity contribution in [2.45, 2.75) is 46.1 Å². The van der Waals surface area contributed by atoms with Gasteiger partial charge in [0.15, 0.2) is 0 Å². The minimum absolute atomic E-state index is 0.542. The lowest BCUT2D eigenvalue weighted by Crippen LogP contribution is -2.30. The van der Waals surface area contributed by atoms with Crippen LogP contribution in [0, 0.1) is 0 Å². The van der Waals surface area contributed by atoms with Gasteiger partial charge in [0, 0.05) is 6.04 Å². The molecule has 0 aromatic heterocycles. The van der Waals surface area contributed by atoms with Crippen molar-refractivity contribution in [3.05, 3.63) is 12.2 Å². The van der Waals surface area contributed by atoms with Crippen LogP contribution < -0.4 is 5.32 Å². The highest BCUT2D eigenvalue weighted by molar-refractivity contribution is 5.00. The van der Waals surface area contributed by atoms with E-state index in [9.17, 15) is 0 Å². The Hall–Kier alpha value is -0.300. The molecule has 0 heterocycles. The monoisotopic (exact) mass is 155 g/mol. The topological polar surface area (TPSA) is 12.0 Å². The Kier molecular flexibility index (Phi) is 6.24. The highest BCUT2D eigenvalue weighted by atomic mass is 14.9. The van der Waals surface area contributed by atoms with Crippen LogP contribution >= 0.6 is 0 Å². The molecule has 0 fully saturated rings. The molecule has 0 rings (SSSR count). The summed E-state index contributed by atoms with van der Waals surface area (Å²) in [6.45, 7) is 11.6. The third kappa shape index (κ3) is 5.02. The second-order valence-corrected chi connectivity index (χ2v) is 3.14. The summed E-state index contributed by atoms with van der Waals surface area (Å²) < 4.78 is 0. The first kappa shape index (κ1) is 10.7. The SMILES string of the molecule is C=C(C)C(CCC)NCCC. The Morgan fingerprint density at radius 3 is 2.36 bits per heavy atom. The van der Waals surface area contributed by atoms with Gasteiger partial charge < -0.3 is 5.32 Å². The zero-order valence-corrected chi connectivity index (χ0v) is 8.11.